The standard InChI is InChI=1S/C9H11BrF2N2O/c10-6-1-2-7(13)8(3-6)14-4-9(11,12)5-15/h1-3,14-15H,4-5,13H2. The van der Waals surface area contributed by atoms with E-state index in [1.807, 2.05) is 0 Å². The molecular formula is C9H11BrF2N2O. The number of nitrogens with two attached hydrogens (primary N) is 1. The van der Waals surface area contributed by atoms with E-state index in [-0.39, 0.29) is 0 Å². The van der Waals surface area contributed by atoms with E-state index in [1.165, 1.54) is 0 Å². The van der Waals surface area contributed by atoms with Gasteiger partial charge in [-0.05, 0) is 18.2 Å². The second-order valence-electron chi connectivity index (χ2n) is 3.10. The minimum Gasteiger partial charge on any atom is -0.397 e. The first-order chi connectivity index (χ1) is 6.94. The van der Waals surface area contributed by atoms with Crippen LogP contribution in [0.5, 0.6) is 0 Å². The highest BCUT2D eigenvalue weighted by molar-refractivity contribution is 9.10. The minimum absolute atomic E-state index is 0.381. The van der Waals surface area contributed by atoms with Gasteiger partial charge in [0.2, 0.25) is 0 Å². The molecule has 1 aromatic carbocycles. The summed E-state index contributed by atoms with van der Waals surface area (Å²) in [5, 5.41) is 10.8. The van der Waals surface area contributed by atoms with Gasteiger partial charge in [0.15, 0.2) is 0 Å². The van der Waals surface area contributed by atoms with Crippen molar-refractivity contribution in [3.05, 3.63) is 22.7 Å². The smallest absolute Gasteiger partial charge is 0.287 e. The van der Waals surface area contributed by atoms with Gasteiger partial charge in [0.05, 0.1) is 17.9 Å². The zero-order valence-electron chi connectivity index (χ0n) is 7.80. The van der Waals surface area contributed by atoms with Crippen molar-refractivity contribution in [2.45, 2.75) is 5.92 Å². The van der Waals surface area contributed by atoms with Crippen molar-refractivity contribution in [3.63, 3.8) is 0 Å². The van der Waals surface area contributed by atoms with Crippen molar-refractivity contribution >= 4 is 27.3 Å². The third-order valence-electron chi connectivity index (χ3n) is 1.78. The molecule has 0 bridgehead atoms. The molecule has 0 aliphatic rings. The van der Waals surface area contributed by atoms with Gasteiger partial charge in [-0.25, -0.2) is 8.78 Å². The molecule has 1 rings (SSSR count). The number of alkyl halides is 2. The lowest BCUT2D eigenvalue weighted by molar-refractivity contribution is -0.0372. The third-order valence-corrected chi connectivity index (χ3v) is 2.28. The fourth-order valence-electron chi connectivity index (χ4n) is 0.962. The molecule has 15 heavy (non-hydrogen) atoms. The van der Waals surface area contributed by atoms with Crippen molar-refractivity contribution < 1.29 is 13.9 Å². The summed E-state index contributed by atoms with van der Waals surface area (Å²) in [7, 11) is 0. The summed E-state index contributed by atoms with van der Waals surface area (Å²) >= 11 is 3.20. The second-order valence-corrected chi connectivity index (χ2v) is 4.01. The van der Waals surface area contributed by atoms with Crippen LogP contribution in [0, 0.1) is 0 Å². The second kappa shape index (κ2) is 4.76. The molecule has 1 aromatic rings. The topological polar surface area (TPSA) is 58.3 Å². The molecule has 0 heterocycles. The summed E-state index contributed by atoms with van der Waals surface area (Å²) < 4.78 is 26.2. The number of nitrogens with one attached hydrogen (secondary N) is 1. The zero-order chi connectivity index (χ0) is 11.5. The molecule has 0 fully saturated rings. The Bertz CT molecular complexity index is 347. The number of hydrogen-bond acceptors (Lipinski definition) is 3. The molecule has 0 radical (unpaired) electrons. The van der Waals surface area contributed by atoms with Crippen LogP contribution in [0.2, 0.25) is 0 Å². The maximum absolute atomic E-state index is 12.7. The van der Waals surface area contributed by atoms with Crippen LogP contribution in [-0.2, 0) is 0 Å². The summed E-state index contributed by atoms with van der Waals surface area (Å²) in [6, 6.07) is 4.91. The molecule has 0 amide bonds. The van der Waals surface area contributed by atoms with Crippen molar-refractivity contribution in [2.24, 2.45) is 0 Å². The molecule has 0 aliphatic carbocycles. The third kappa shape index (κ3) is 3.64. The summed E-state index contributed by atoms with van der Waals surface area (Å²) in [6.07, 6.45) is 0. The molecule has 0 spiro atoms. The van der Waals surface area contributed by atoms with E-state index in [1.54, 1.807) is 18.2 Å². The number of halogens is 3. The summed E-state index contributed by atoms with van der Waals surface area (Å²) in [4.78, 5) is 0. The number of hydrogen-bond donors (Lipinski definition) is 3. The molecule has 4 N–H and O–H groups in total. The summed E-state index contributed by atoms with van der Waals surface area (Å²) in [5.41, 5.74) is 6.37. The number of aliphatic hydroxyl groups excluding tert-OH is 1. The minimum atomic E-state index is -3.14. The normalized spacial score (nSPS) is 11.5. The Balaban J connectivity index is 2.69. The van der Waals surface area contributed by atoms with Gasteiger partial charge < -0.3 is 16.2 Å². The number of aliphatic hydroxyl groups is 1. The van der Waals surface area contributed by atoms with E-state index < -0.39 is 19.1 Å². The maximum Gasteiger partial charge on any atom is 0.287 e. The van der Waals surface area contributed by atoms with Crippen LogP contribution in [0.25, 0.3) is 0 Å². The number of rotatable bonds is 4. The molecule has 0 atom stereocenters. The summed E-state index contributed by atoms with van der Waals surface area (Å²) in [5.74, 6) is -3.14. The number of benzene rings is 1. The van der Waals surface area contributed by atoms with E-state index in [2.05, 4.69) is 21.2 Å². The zero-order valence-corrected chi connectivity index (χ0v) is 9.39. The van der Waals surface area contributed by atoms with E-state index in [0.29, 0.717) is 11.4 Å². The van der Waals surface area contributed by atoms with Gasteiger partial charge >= 0.3 is 0 Å². The fraction of sp³-hybridized carbons (Fsp3) is 0.333. The Kier molecular flexibility index (Phi) is 3.87. The Morgan fingerprint density at radius 1 is 1.47 bits per heavy atom. The van der Waals surface area contributed by atoms with Crippen molar-refractivity contribution in [1.82, 2.24) is 0 Å². The van der Waals surface area contributed by atoms with Crippen molar-refractivity contribution in [3.8, 4) is 0 Å². The maximum atomic E-state index is 12.7. The van der Waals surface area contributed by atoms with E-state index >= 15 is 0 Å². The molecule has 0 unspecified atom stereocenters. The van der Waals surface area contributed by atoms with E-state index in [9.17, 15) is 8.78 Å². The van der Waals surface area contributed by atoms with Gasteiger partial charge in [0.1, 0.15) is 6.61 Å². The van der Waals surface area contributed by atoms with Crippen LogP contribution in [0.15, 0.2) is 22.7 Å². The Morgan fingerprint density at radius 2 is 2.13 bits per heavy atom. The van der Waals surface area contributed by atoms with Gasteiger partial charge in [-0.3, -0.25) is 0 Å². The van der Waals surface area contributed by atoms with E-state index in [0.717, 1.165) is 4.47 Å². The van der Waals surface area contributed by atoms with Crippen LogP contribution < -0.4 is 11.1 Å². The first-order valence-corrected chi connectivity index (χ1v) is 5.01. The van der Waals surface area contributed by atoms with E-state index in [4.69, 9.17) is 10.8 Å². The first kappa shape index (κ1) is 12.2. The summed E-state index contributed by atoms with van der Waals surface area (Å²) in [6.45, 7) is -1.84. The lowest BCUT2D eigenvalue weighted by atomic mass is 10.2. The molecular weight excluding hydrogens is 270 g/mol. The van der Waals surface area contributed by atoms with Gasteiger partial charge in [-0.2, -0.15) is 0 Å². The highest BCUT2D eigenvalue weighted by Crippen LogP contribution is 2.24. The Morgan fingerprint density at radius 3 is 2.73 bits per heavy atom. The molecule has 0 saturated heterocycles. The van der Waals surface area contributed by atoms with Gasteiger partial charge in [0.25, 0.3) is 5.92 Å². The number of anilines is 2. The predicted molar refractivity (Wildman–Crippen MR) is 59.1 cm³/mol. The van der Waals surface area contributed by atoms with Gasteiger partial charge in [-0.15, -0.1) is 0 Å². The van der Waals surface area contributed by atoms with Gasteiger partial charge in [-0.1, -0.05) is 15.9 Å². The lowest BCUT2D eigenvalue weighted by Gasteiger charge is -2.16. The SMILES string of the molecule is Nc1ccc(Br)cc1NCC(F)(F)CO. The Labute approximate surface area is 94.4 Å². The lowest BCUT2D eigenvalue weighted by Crippen LogP contribution is -2.31. The molecule has 0 aliphatic heterocycles. The average molecular weight is 281 g/mol. The first-order valence-electron chi connectivity index (χ1n) is 4.22. The van der Waals surface area contributed by atoms with Crippen LogP contribution >= 0.6 is 15.9 Å². The molecule has 0 aromatic heterocycles. The van der Waals surface area contributed by atoms with Crippen LogP contribution in [0.3, 0.4) is 0 Å². The monoisotopic (exact) mass is 280 g/mol. The molecule has 84 valence electrons. The van der Waals surface area contributed by atoms with Crippen LogP contribution in [-0.4, -0.2) is 24.2 Å². The highest BCUT2D eigenvalue weighted by atomic mass is 79.9. The fourth-order valence-corrected chi connectivity index (χ4v) is 1.32. The van der Waals surface area contributed by atoms with Crippen LogP contribution in [0.4, 0.5) is 20.2 Å². The quantitative estimate of drug-likeness (QED) is 0.740. The molecule has 0 saturated carbocycles. The highest BCUT2D eigenvalue weighted by Gasteiger charge is 2.27. The van der Waals surface area contributed by atoms with Crippen LogP contribution in [0.1, 0.15) is 0 Å². The molecule has 6 heteroatoms. The van der Waals surface area contributed by atoms with Gasteiger partial charge in [0, 0.05) is 4.47 Å². The molecule has 3 nitrogen and oxygen atoms in total. The van der Waals surface area contributed by atoms with Crippen molar-refractivity contribution in [1.29, 1.82) is 0 Å². The largest absolute Gasteiger partial charge is 0.397 e. The predicted octanol–water partition coefficient (Wildman–Crippen LogP) is 2.07. The van der Waals surface area contributed by atoms with Crippen molar-refractivity contribution in [2.75, 3.05) is 24.2 Å². The Hall–Kier alpha value is -0.880. The average Bonchev–Trinajstić information content (AvgIpc) is 2.20. The number of nitrogen functional groups attached to an aromatic ring is 1.